The molecule has 1 aromatic heterocycles. The Balaban J connectivity index is 2.85. The number of nitrogens with one attached hydrogen (secondary N) is 2. The van der Waals surface area contributed by atoms with Gasteiger partial charge in [-0.1, -0.05) is 0 Å². The van der Waals surface area contributed by atoms with Gasteiger partial charge in [-0.3, -0.25) is 25.1 Å². The Bertz CT molecular complexity index is 673. The predicted octanol–water partition coefficient (Wildman–Crippen LogP) is 0.463. The van der Waals surface area contributed by atoms with Crippen LogP contribution in [0.5, 0.6) is 0 Å². The van der Waals surface area contributed by atoms with Crippen molar-refractivity contribution in [3.8, 4) is 0 Å². The van der Waals surface area contributed by atoms with Gasteiger partial charge in [-0.15, -0.1) is 0 Å². The summed E-state index contributed by atoms with van der Waals surface area (Å²) in [5.74, 6) is -0.829. The van der Waals surface area contributed by atoms with Crippen molar-refractivity contribution in [1.82, 2.24) is 15.4 Å². The van der Waals surface area contributed by atoms with Crippen LogP contribution in [-0.2, 0) is 11.8 Å². The summed E-state index contributed by atoms with van der Waals surface area (Å²) in [6, 6.07) is 0.828. The standard InChI is InChI=1S/C12H16N4O6/c1-12(2,3)22-11(19)14-13-9(17)7-5-8(16(20)21)10(18)15(4)6-7/h5-6H,1-4H3,(H,13,17)(H,14,19). The summed E-state index contributed by atoms with van der Waals surface area (Å²) in [4.78, 5) is 44.6. The first kappa shape index (κ1) is 17.1. The molecule has 1 heterocycles. The molecule has 0 bridgehead atoms. The first-order chi connectivity index (χ1) is 10.0. The van der Waals surface area contributed by atoms with E-state index < -0.39 is 33.8 Å². The van der Waals surface area contributed by atoms with Gasteiger partial charge in [0.25, 0.3) is 5.91 Å². The van der Waals surface area contributed by atoms with Gasteiger partial charge >= 0.3 is 17.3 Å². The molecule has 0 aromatic carbocycles. The van der Waals surface area contributed by atoms with Crippen LogP contribution in [0.25, 0.3) is 0 Å². The maximum absolute atomic E-state index is 11.8. The largest absolute Gasteiger partial charge is 0.443 e. The van der Waals surface area contributed by atoms with Crippen LogP contribution in [0.4, 0.5) is 10.5 Å². The number of aryl methyl sites for hydroxylation is 1. The topological polar surface area (TPSA) is 133 Å². The zero-order chi connectivity index (χ0) is 17.1. The summed E-state index contributed by atoms with van der Waals surface area (Å²) in [6.07, 6.45) is 0.224. The minimum atomic E-state index is -0.889. The fourth-order valence-corrected chi connectivity index (χ4v) is 1.43. The molecule has 0 spiro atoms. The summed E-state index contributed by atoms with van der Waals surface area (Å²) in [5.41, 5.74) is 1.54. The van der Waals surface area contributed by atoms with E-state index in [2.05, 4.69) is 0 Å². The van der Waals surface area contributed by atoms with Crippen LogP contribution >= 0.6 is 0 Å². The third-order valence-corrected chi connectivity index (χ3v) is 2.30. The van der Waals surface area contributed by atoms with Crippen LogP contribution in [-0.4, -0.2) is 27.1 Å². The SMILES string of the molecule is Cn1cc(C(=O)NNC(=O)OC(C)(C)C)cc([N+](=O)[O-])c1=O. The molecule has 0 aliphatic carbocycles. The summed E-state index contributed by atoms with van der Waals surface area (Å²) in [6.45, 7) is 4.93. The molecular formula is C12H16N4O6. The fraction of sp³-hybridized carbons (Fsp3) is 0.417. The molecule has 10 heteroatoms. The highest BCUT2D eigenvalue weighted by atomic mass is 16.6. The van der Waals surface area contributed by atoms with Crippen molar-refractivity contribution in [2.45, 2.75) is 26.4 Å². The van der Waals surface area contributed by atoms with Crippen LogP contribution in [0, 0.1) is 10.1 Å². The van der Waals surface area contributed by atoms with E-state index in [1.54, 1.807) is 20.8 Å². The van der Waals surface area contributed by atoms with Gasteiger partial charge in [0.05, 0.1) is 10.5 Å². The normalized spacial score (nSPS) is 10.7. The second kappa shape index (κ2) is 6.24. The van der Waals surface area contributed by atoms with E-state index in [4.69, 9.17) is 4.74 Å². The van der Waals surface area contributed by atoms with E-state index in [-0.39, 0.29) is 5.56 Å². The van der Waals surface area contributed by atoms with Crippen molar-refractivity contribution in [2.75, 3.05) is 0 Å². The van der Waals surface area contributed by atoms with Gasteiger partial charge in [0, 0.05) is 19.3 Å². The number of hydrogen-bond acceptors (Lipinski definition) is 6. The molecule has 2 N–H and O–H groups in total. The molecule has 0 atom stereocenters. The average Bonchev–Trinajstić information content (AvgIpc) is 2.36. The van der Waals surface area contributed by atoms with Gasteiger partial charge in [0.2, 0.25) is 0 Å². The lowest BCUT2D eigenvalue weighted by atomic mass is 10.2. The summed E-state index contributed by atoms with van der Waals surface area (Å²) < 4.78 is 5.80. The molecule has 0 saturated carbocycles. The highest BCUT2D eigenvalue weighted by Gasteiger charge is 2.20. The van der Waals surface area contributed by atoms with Crippen molar-refractivity contribution in [1.29, 1.82) is 0 Å². The van der Waals surface area contributed by atoms with Crippen molar-refractivity contribution < 1.29 is 19.2 Å². The number of amides is 2. The number of nitro groups is 1. The lowest BCUT2D eigenvalue weighted by Crippen LogP contribution is -2.44. The van der Waals surface area contributed by atoms with Crippen LogP contribution in [0.3, 0.4) is 0 Å². The summed E-state index contributed by atoms with van der Waals surface area (Å²) in [5, 5.41) is 10.7. The Morgan fingerprint density at radius 1 is 1.32 bits per heavy atom. The molecular weight excluding hydrogens is 296 g/mol. The van der Waals surface area contributed by atoms with Gasteiger partial charge in [-0.2, -0.15) is 0 Å². The smallest absolute Gasteiger partial charge is 0.426 e. The zero-order valence-electron chi connectivity index (χ0n) is 12.5. The Hall–Kier alpha value is -2.91. The number of aromatic nitrogens is 1. The van der Waals surface area contributed by atoms with Crippen LogP contribution in [0.2, 0.25) is 0 Å². The third kappa shape index (κ3) is 4.58. The Morgan fingerprint density at radius 2 is 1.91 bits per heavy atom. The maximum atomic E-state index is 11.8. The van der Waals surface area contributed by atoms with Crippen LogP contribution in [0.1, 0.15) is 31.1 Å². The molecule has 1 rings (SSSR count). The number of hydrogen-bond donors (Lipinski definition) is 2. The molecule has 0 aliphatic rings. The maximum Gasteiger partial charge on any atom is 0.426 e. The lowest BCUT2D eigenvalue weighted by Gasteiger charge is -2.19. The Labute approximate surface area is 125 Å². The number of nitrogens with zero attached hydrogens (tertiary/aromatic N) is 2. The molecule has 0 saturated heterocycles. The molecule has 0 unspecified atom stereocenters. The predicted molar refractivity (Wildman–Crippen MR) is 75.2 cm³/mol. The molecule has 2 amide bonds. The number of hydrazine groups is 1. The quantitative estimate of drug-likeness (QED) is 0.602. The molecule has 22 heavy (non-hydrogen) atoms. The highest BCUT2D eigenvalue weighted by Crippen LogP contribution is 2.08. The number of ether oxygens (including phenoxy) is 1. The molecule has 0 aliphatic heterocycles. The van der Waals surface area contributed by atoms with E-state index in [1.165, 1.54) is 7.05 Å². The van der Waals surface area contributed by atoms with E-state index in [0.717, 1.165) is 16.8 Å². The number of carbonyl (C=O) groups is 2. The van der Waals surface area contributed by atoms with Gasteiger partial charge < -0.3 is 9.30 Å². The van der Waals surface area contributed by atoms with Crippen LogP contribution in [0.15, 0.2) is 17.1 Å². The molecule has 120 valence electrons. The first-order valence-electron chi connectivity index (χ1n) is 6.15. The van der Waals surface area contributed by atoms with Crippen molar-refractivity contribution >= 4 is 17.7 Å². The van der Waals surface area contributed by atoms with Gasteiger partial charge in [-0.25, -0.2) is 10.2 Å². The minimum Gasteiger partial charge on any atom is -0.443 e. The molecule has 1 aromatic rings. The van der Waals surface area contributed by atoms with E-state index in [1.807, 2.05) is 10.9 Å². The van der Waals surface area contributed by atoms with Crippen molar-refractivity contribution in [3.05, 3.63) is 38.3 Å². The summed E-state index contributed by atoms with van der Waals surface area (Å²) >= 11 is 0. The van der Waals surface area contributed by atoms with E-state index in [9.17, 15) is 24.5 Å². The number of pyridine rings is 1. The Morgan fingerprint density at radius 3 is 2.41 bits per heavy atom. The third-order valence-electron chi connectivity index (χ3n) is 2.30. The fourth-order valence-electron chi connectivity index (χ4n) is 1.43. The molecule has 0 fully saturated rings. The zero-order valence-corrected chi connectivity index (χ0v) is 12.5. The van der Waals surface area contributed by atoms with Crippen molar-refractivity contribution in [2.24, 2.45) is 7.05 Å². The average molecular weight is 312 g/mol. The molecule has 10 nitrogen and oxygen atoms in total. The Kier molecular flexibility index (Phi) is 4.87. The van der Waals surface area contributed by atoms with E-state index >= 15 is 0 Å². The van der Waals surface area contributed by atoms with Gasteiger partial charge in [0.15, 0.2) is 0 Å². The first-order valence-corrected chi connectivity index (χ1v) is 6.15. The minimum absolute atomic E-state index is 0.162. The number of rotatable bonds is 2. The van der Waals surface area contributed by atoms with Crippen molar-refractivity contribution in [3.63, 3.8) is 0 Å². The highest BCUT2D eigenvalue weighted by molar-refractivity contribution is 5.95. The van der Waals surface area contributed by atoms with Gasteiger partial charge in [0.1, 0.15) is 5.60 Å². The second-order valence-corrected chi connectivity index (χ2v) is 5.37. The summed E-state index contributed by atoms with van der Waals surface area (Å²) in [7, 11) is 1.27. The number of carbonyl (C=O) groups excluding carboxylic acids is 2. The second-order valence-electron chi connectivity index (χ2n) is 5.37. The van der Waals surface area contributed by atoms with Crippen LogP contribution < -0.4 is 16.4 Å². The molecule has 0 radical (unpaired) electrons. The lowest BCUT2D eigenvalue weighted by molar-refractivity contribution is -0.386. The monoisotopic (exact) mass is 312 g/mol. The van der Waals surface area contributed by atoms with E-state index in [0.29, 0.717) is 0 Å². The van der Waals surface area contributed by atoms with Gasteiger partial charge in [-0.05, 0) is 20.8 Å².